The van der Waals surface area contributed by atoms with Crippen LogP contribution in [-0.2, 0) is 9.59 Å². The molecule has 154 valence electrons. The zero-order chi connectivity index (χ0) is 19.7. The Balaban J connectivity index is 4.52. The lowest BCUT2D eigenvalue weighted by molar-refractivity contribution is -0.321. The lowest BCUT2D eigenvalue weighted by Crippen LogP contribution is -2.42. The van der Waals surface area contributed by atoms with Gasteiger partial charge in [-0.3, -0.25) is 0 Å². The number of aliphatic carboxylic acids is 2. The zero-order valence-corrected chi connectivity index (χ0v) is 17.2. The first-order valence-electron chi connectivity index (χ1n) is 10.9. The van der Waals surface area contributed by atoms with Crippen molar-refractivity contribution in [1.82, 2.24) is 0 Å². The summed E-state index contributed by atoms with van der Waals surface area (Å²) in [6.45, 7) is 4.36. The van der Waals surface area contributed by atoms with E-state index in [1.165, 1.54) is 38.5 Å². The molecule has 0 amide bonds. The molecule has 0 radical (unpaired) electrons. The quantitative estimate of drug-likeness (QED) is 0.321. The average molecular weight is 369 g/mol. The van der Waals surface area contributed by atoms with E-state index in [0.29, 0.717) is 25.7 Å². The smallest absolute Gasteiger partial charge is 0.0476 e. The number of carbonyl (C=O) groups is 2. The van der Waals surface area contributed by atoms with Crippen molar-refractivity contribution in [3.63, 3.8) is 0 Å². The van der Waals surface area contributed by atoms with E-state index in [1.54, 1.807) is 0 Å². The summed E-state index contributed by atoms with van der Waals surface area (Å²) >= 11 is 0. The van der Waals surface area contributed by atoms with Crippen molar-refractivity contribution in [3.05, 3.63) is 0 Å². The highest BCUT2D eigenvalue weighted by molar-refractivity contribution is 5.72. The fourth-order valence-electron chi connectivity index (χ4n) is 3.74. The molecule has 0 aliphatic heterocycles. The Morgan fingerprint density at radius 2 is 1.00 bits per heavy atom. The summed E-state index contributed by atoms with van der Waals surface area (Å²) in [7, 11) is 0. The van der Waals surface area contributed by atoms with E-state index >= 15 is 0 Å². The van der Waals surface area contributed by atoms with Crippen molar-refractivity contribution in [1.29, 1.82) is 0 Å². The third kappa shape index (κ3) is 12.3. The van der Waals surface area contributed by atoms with Crippen LogP contribution in [0.1, 0.15) is 123 Å². The maximum absolute atomic E-state index is 12.0. The molecule has 0 aromatic heterocycles. The predicted octanol–water partition coefficient (Wildman–Crippen LogP) is 4.14. The van der Waals surface area contributed by atoms with E-state index in [1.807, 2.05) is 0 Å². The van der Waals surface area contributed by atoms with Crippen LogP contribution >= 0.6 is 0 Å². The Morgan fingerprint density at radius 1 is 0.615 bits per heavy atom. The van der Waals surface area contributed by atoms with Gasteiger partial charge in [0.15, 0.2) is 0 Å². The molecule has 0 spiro atoms. The number of hydrogen-bond acceptors (Lipinski definition) is 4. The van der Waals surface area contributed by atoms with Crippen molar-refractivity contribution in [2.24, 2.45) is 5.41 Å². The van der Waals surface area contributed by atoms with E-state index in [-0.39, 0.29) is 6.42 Å². The Bertz CT molecular complexity index is 349. The number of hydrogen-bond donors (Lipinski definition) is 0. The van der Waals surface area contributed by atoms with Crippen LogP contribution in [0.5, 0.6) is 0 Å². The molecule has 0 bridgehead atoms. The molecular formula is C22H40O4-2. The second kappa shape index (κ2) is 16.1. The third-order valence-corrected chi connectivity index (χ3v) is 5.49. The number of rotatable bonds is 19. The number of carboxylic acid groups (broad SMARTS) is 2. The SMILES string of the molecule is CCCCCCCCC(CCCCCCCC)(CCCC(=O)[O-])C(=O)[O-]. The molecule has 0 saturated heterocycles. The van der Waals surface area contributed by atoms with Crippen LogP contribution in [0.15, 0.2) is 0 Å². The minimum Gasteiger partial charge on any atom is -0.550 e. The topological polar surface area (TPSA) is 80.3 Å². The molecule has 0 aliphatic rings. The summed E-state index contributed by atoms with van der Waals surface area (Å²) in [6, 6.07) is 0. The van der Waals surface area contributed by atoms with Crippen LogP contribution < -0.4 is 10.2 Å². The van der Waals surface area contributed by atoms with Gasteiger partial charge in [-0.2, -0.15) is 0 Å². The van der Waals surface area contributed by atoms with Gasteiger partial charge in [-0.1, -0.05) is 90.9 Å². The number of unbranched alkanes of at least 4 members (excludes halogenated alkanes) is 10. The standard InChI is InChI=1S/C22H42O4/c1-3-5-7-9-11-13-17-22(21(25)26,19-15-16-20(23)24)18-14-12-10-8-6-4-2/h3-19H2,1-2H3,(H,23,24)(H,25,26)/p-2. The van der Waals surface area contributed by atoms with Crippen LogP contribution in [0, 0.1) is 5.41 Å². The van der Waals surface area contributed by atoms with Gasteiger partial charge in [0.05, 0.1) is 0 Å². The highest BCUT2D eigenvalue weighted by Crippen LogP contribution is 2.37. The Labute approximate surface area is 160 Å². The minimum atomic E-state index is -1.10. The first-order chi connectivity index (χ1) is 12.5. The zero-order valence-electron chi connectivity index (χ0n) is 17.2. The Kier molecular flexibility index (Phi) is 15.5. The number of carboxylic acids is 2. The molecule has 0 aromatic rings. The fourth-order valence-corrected chi connectivity index (χ4v) is 3.74. The van der Waals surface area contributed by atoms with E-state index in [4.69, 9.17) is 0 Å². The van der Waals surface area contributed by atoms with Crippen LogP contribution in [0.25, 0.3) is 0 Å². The van der Waals surface area contributed by atoms with Gasteiger partial charge < -0.3 is 19.8 Å². The van der Waals surface area contributed by atoms with E-state index in [0.717, 1.165) is 38.5 Å². The van der Waals surface area contributed by atoms with Crippen molar-refractivity contribution in [2.45, 2.75) is 123 Å². The maximum atomic E-state index is 12.0. The van der Waals surface area contributed by atoms with Gasteiger partial charge in [0, 0.05) is 17.4 Å². The average Bonchev–Trinajstić information content (AvgIpc) is 2.59. The highest BCUT2D eigenvalue weighted by atomic mass is 16.4. The molecule has 0 heterocycles. The Morgan fingerprint density at radius 3 is 1.38 bits per heavy atom. The van der Waals surface area contributed by atoms with Crippen molar-refractivity contribution in [2.75, 3.05) is 0 Å². The van der Waals surface area contributed by atoms with Crippen molar-refractivity contribution in [3.8, 4) is 0 Å². The van der Waals surface area contributed by atoms with Gasteiger partial charge in [0.1, 0.15) is 0 Å². The second-order valence-electron chi connectivity index (χ2n) is 7.83. The molecule has 0 saturated carbocycles. The predicted molar refractivity (Wildman–Crippen MR) is 102 cm³/mol. The number of carbonyl (C=O) groups excluding carboxylic acids is 2. The molecule has 0 atom stereocenters. The van der Waals surface area contributed by atoms with Gasteiger partial charge in [-0.15, -0.1) is 0 Å². The highest BCUT2D eigenvalue weighted by Gasteiger charge is 2.30. The molecular weight excluding hydrogens is 328 g/mol. The van der Waals surface area contributed by atoms with Crippen LogP contribution in [0.4, 0.5) is 0 Å². The molecule has 0 rings (SSSR count). The molecule has 0 aliphatic carbocycles. The normalized spacial score (nSPS) is 11.6. The summed E-state index contributed by atoms with van der Waals surface area (Å²) in [5.41, 5.74) is -0.856. The van der Waals surface area contributed by atoms with Crippen molar-refractivity contribution >= 4 is 11.9 Å². The Hall–Kier alpha value is -1.06. The first kappa shape index (κ1) is 24.9. The summed E-state index contributed by atoms with van der Waals surface area (Å²) in [5.74, 6) is -2.09. The lowest BCUT2D eigenvalue weighted by Gasteiger charge is -2.35. The van der Waals surface area contributed by atoms with Crippen LogP contribution in [-0.4, -0.2) is 11.9 Å². The van der Waals surface area contributed by atoms with Gasteiger partial charge in [0.2, 0.25) is 0 Å². The molecule has 4 heteroatoms. The summed E-state index contributed by atoms with van der Waals surface area (Å²) in [6.07, 6.45) is 15.4. The van der Waals surface area contributed by atoms with Crippen LogP contribution in [0.2, 0.25) is 0 Å². The van der Waals surface area contributed by atoms with Gasteiger partial charge in [-0.25, -0.2) is 0 Å². The van der Waals surface area contributed by atoms with Crippen molar-refractivity contribution < 1.29 is 19.8 Å². The molecule has 0 N–H and O–H groups in total. The summed E-state index contributed by atoms with van der Waals surface area (Å²) in [5, 5.41) is 22.7. The van der Waals surface area contributed by atoms with Crippen LogP contribution in [0.3, 0.4) is 0 Å². The second-order valence-corrected chi connectivity index (χ2v) is 7.83. The summed E-state index contributed by atoms with van der Waals surface area (Å²) in [4.78, 5) is 22.7. The lowest BCUT2D eigenvalue weighted by atomic mass is 9.74. The molecule has 0 fully saturated rings. The first-order valence-corrected chi connectivity index (χ1v) is 10.9. The third-order valence-electron chi connectivity index (χ3n) is 5.49. The maximum Gasteiger partial charge on any atom is 0.0476 e. The summed E-state index contributed by atoms with van der Waals surface area (Å²) < 4.78 is 0. The molecule has 26 heavy (non-hydrogen) atoms. The minimum absolute atomic E-state index is 0.0674. The molecule has 0 aromatic carbocycles. The largest absolute Gasteiger partial charge is 0.550 e. The van der Waals surface area contributed by atoms with E-state index in [9.17, 15) is 19.8 Å². The van der Waals surface area contributed by atoms with Gasteiger partial charge in [0.25, 0.3) is 0 Å². The van der Waals surface area contributed by atoms with E-state index in [2.05, 4.69) is 13.8 Å². The fraction of sp³-hybridized carbons (Fsp3) is 0.909. The molecule has 0 unspecified atom stereocenters. The molecule has 4 nitrogen and oxygen atoms in total. The van der Waals surface area contributed by atoms with E-state index < -0.39 is 17.4 Å². The monoisotopic (exact) mass is 368 g/mol. The van der Waals surface area contributed by atoms with Gasteiger partial charge >= 0.3 is 0 Å². The van der Waals surface area contributed by atoms with Gasteiger partial charge in [-0.05, 0) is 32.1 Å².